The number of aliphatic hydroxyl groups is 5. The van der Waals surface area contributed by atoms with Gasteiger partial charge in [0.1, 0.15) is 22.6 Å². The molecule has 97 valence electrons. The summed E-state index contributed by atoms with van der Waals surface area (Å²) in [5.74, 6) is 0. The summed E-state index contributed by atoms with van der Waals surface area (Å²) in [5.41, 5.74) is 0. The predicted molar refractivity (Wildman–Crippen MR) is 71.1 cm³/mol. The standard InChI is InChI=1S/C8H17NO5S2.Na/c1-9(8(15)16)2-4(11)6(13)7(14)5(12)3-10;/h4-7,10-14H,2-3H2,1H3,(H,15,16);/t4-,5+,6+,7+;/m0./s1. The van der Waals surface area contributed by atoms with Gasteiger partial charge in [0, 0.05) is 43.1 Å². The van der Waals surface area contributed by atoms with Crippen molar-refractivity contribution in [1.82, 2.24) is 4.90 Å². The summed E-state index contributed by atoms with van der Waals surface area (Å²) < 4.78 is 0.225. The van der Waals surface area contributed by atoms with Gasteiger partial charge in [-0.3, -0.25) is 0 Å². The van der Waals surface area contributed by atoms with Crippen LogP contribution in [0.25, 0.3) is 0 Å². The van der Waals surface area contributed by atoms with Gasteiger partial charge in [0.25, 0.3) is 0 Å². The van der Waals surface area contributed by atoms with Gasteiger partial charge >= 0.3 is 0 Å². The van der Waals surface area contributed by atoms with E-state index in [2.05, 4.69) is 12.6 Å². The molecule has 0 heterocycles. The molecule has 5 N–H and O–H groups in total. The fourth-order valence-corrected chi connectivity index (χ4v) is 1.19. The van der Waals surface area contributed by atoms with E-state index in [4.69, 9.17) is 22.4 Å². The van der Waals surface area contributed by atoms with Gasteiger partial charge in [-0.15, -0.1) is 12.6 Å². The molecule has 0 amide bonds. The van der Waals surface area contributed by atoms with Crippen LogP contribution in [0.5, 0.6) is 0 Å². The van der Waals surface area contributed by atoms with Crippen molar-refractivity contribution in [2.45, 2.75) is 24.4 Å². The number of rotatable bonds is 6. The van der Waals surface area contributed by atoms with Gasteiger partial charge in [-0.05, 0) is 0 Å². The topological polar surface area (TPSA) is 104 Å². The van der Waals surface area contributed by atoms with Crippen LogP contribution in [-0.4, -0.2) is 109 Å². The maximum Gasteiger partial charge on any atom is 0.133 e. The molecule has 0 aliphatic heterocycles. The van der Waals surface area contributed by atoms with Crippen LogP contribution in [0.15, 0.2) is 0 Å². The van der Waals surface area contributed by atoms with E-state index in [0.717, 1.165) is 0 Å². The molecule has 6 nitrogen and oxygen atoms in total. The summed E-state index contributed by atoms with van der Waals surface area (Å²) in [6.07, 6.45) is -6.02. The molecule has 0 aliphatic rings. The first-order valence-electron chi connectivity index (χ1n) is 4.58. The Hall–Kier alpha value is 1.04. The Morgan fingerprint density at radius 3 is 1.94 bits per heavy atom. The molecular weight excluding hydrogens is 277 g/mol. The third kappa shape index (κ3) is 7.26. The van der Waals surface area contributed by atoms with E-state index >= 15 is 0 Å². The van der Waals surface area contributed by atoms with Crippen molar-refractivity contribution >= 4 is 58.7 Å². The normalized spacial score (nSPS) is 17.6. The fraction of sp³-hybridized carbons (Fsp3) is 0.875. The van der Waals surface area contributed by atoms with Crippen LogP contribution >= 0.6 is 24.8 Å². The molecule has 0 unspecified atom stereocenters. The van der Waals surface area contributed by atoms with Crippen molar-refractivity contribution in [2.75, 3.05) is 20.2 Å². The van der Waals surface area contributed by atoms with Crippen LogP contribution in [0.3, 0.4) is 0 Å². The molecule has 0 bridgehead atoms. The summed E-state index contributed by atoms with van der Waals surface area (Å²) in [5, 5.41) is 45.9. The minimum atomic E-state index is -1.62. The van der Waals surface area contributed by atoms with E-state index in [0.29, 0.717) is 0 Å². The van der Waals surface area contributed by atoms with Crippen LogP contribution in [0, 0.1) is 0 Å². The van der Waals surface area contributed by atoms with Gasteiger partial charge < -0.3 is 30.4 Å². The maximum atomic E-state index is 9.51. The maximum absolute atomic E-state index is 9.51. The van der Waals surface area contributed by atoms with Crippen molar-refractivity contribution in [3.05, 3.63) is 0 Å². The van der Waals surface area contributed by atoms with E-state index in [1.165, 1.54) is 4.90 Å². The molecule has 0 saturated heterocycles. The van der Waals surface area contributed by atoms with Crippen LogP contribution in [0.1, 0.15) is 0 Å². The summed E-state index contributed by atoms with van der Waals surface area (Å²) in [6, 6.07) is 0. The van der Waals surface area contributed by atoms with E-state index in [1.54, 1.807) is 7.05 Å². The minimum Gasteiger partial charge on any atom is -0.394 e. The average molecular weight is 294 g/mol. The van der Waals surface area contributed by atoms with E-state index in [9.17, 15) is 15.3 Å². The van der Waals surface area contributed by atoms with Crippen LogP contribution in [-0.2, 0) is 0 Å². The molecule has 4 atom stereocenters. The molecule has 0 rings (SSSR count). The van der Waals surface area contributed by atoms with Crippen LogP contribution < -0.4 is 0 Å². The number of nitrogens with zero attached hydrogens (tertiary/aromatic N) is 1. The van der Waals surface area contributed by atoms with Gasteiger partial charge in [0.05, 0.1) is 12.7 Å². The monoisotopic (exact) mass is 294 g/mol. The second-order valence-corrected chi connectivity index (χ2v) is 4.57. The zero-order valence-corrected chi connectivity index (χ0v) is 13.5. The number of hydrogen-bond donors (Lipinski definition) is 6. The van der Waals surface area contributed by atoms with Crippen molar-refractivity contribution in [2.24, 2.45) is 0 Å². The zero-order valence-electron chi connectivity index (χ0n) is 9.76. The number of aliphatic hydroxyl groups excluding tert-OH is 5. The summed E-state index contributed by atoms with van der Waals surface area (Å²) >= 11 is 8.57. The molecule has 9 heteroatoms. The number of thiol groups is 1. The number of likely N-dealkylation sites (N-methyl/N-ethyl adjacent to an activating group) is 1. The van der Waals surface area contributed by atoms with Crippen molar-refractivity contribution in [3.63, 3.8) is 0 Å². The van der Waals surface area contributed by atoms with E-state index in [-0.39, 0.29) is 40.4 Å². The summed E-state index contributed by atoms with van der Waals surface area (Å²) in [7, 11) is 1.56. The third-order valence-corrected chi connectivity index (χ3v) is 2.77. The Morgan fingerprint density at radius 1 is 1.18 bits per heavy atom. The van der Waals surface area contributed by atoms with E-state index in [1.807, 2.05) is 0 Å². The van der Waals surface area contributed by atoms with Crippen molar-refractivity contribution in [3.8, 4) is 0 Å². The van der Waals surface area contributed by atoms with Gasteiger partial charge in [-0.2, -0.15) is 0 Å². The molecule has 0 spiro atoms. The Balaban J connectivity index is 0. The molecule has 0 saturated carbocycles. The second kappa shape index (κ2) is 9.90. The molecule has 0 aromatic carbocycles. The predicted octanol–water partition coefficient (Wildman–Crippen LogP) is -2.81. The smallest absolute Gasteiger partial charge is 0.133 e. The van der Waals surface area contributed by atoms with Crippen LogP contribution in [0.4, 0.5) is 0 Å². The zero-order chi connectivity index (χ0) is 12.9. The van der Waals surface area contributed by atoms with Crippen LogP contribution in [0.2, 0.25) is 0 Å². The Bertz CT molecular complexity index is 236. The van der Waals surface area contributed by atoms with Crippen molar-refractivity contribution in [1.29, 1.82) is 0 Å². The Kier molecular flexibility index (Phi) is 11.9. The first-order chi connectivity index (χ1) is 7.31. The Labute approximate surface area is 133 Å². The number of thiocarbonyl (C=S) groups is 1. The van der Waals surface area contributed by atoms with Gasteiger partial charge in [-0.25, -0.2) is 0 Å². The SMILES string of the molecule is CN(C[C@H](O)[C@@H](O)[C@H](O)[C@H](O)CO)C(=S)S.[Na]. The summed E-state index contributed by atoms with van der Waals surface area (Å²) in [4.78, 5) is 1.39. The fourth-order valence-electron chi connectivity index (χ4n) is 1.03. The number of hydrogen-bond acceptors (Lipinski definition) is 6. The quantitative estimate of drug-likeness (QED) is 0.178. The minimum absolute atomic E-state index is 0. The molecule has 0 fully saturated rings. The molecule has 0 aliphatic carbocycles. The first-order valence-corrected chi connectivity index (χ1v) is 5.44. The van der Waals surface area contributed by atoms with Gasteiger partial charge in [-0.1, -0.05) is 12.2 Å². The average Bonchev–Trinajstić information content (AvgIpc) is 2.25. The molecule has 17 heavy (non-hydrogen) atoms. The molecule has 0 aromatic rings. The summed E-state index contributed by atoms with van der Waals surface area (Å²) in [6.45, 7) is -0.746. The van der Waals surface area contributed by atoms with Crippen molar-refractivity contribution < 1.29 is 25.5 Å². The Morgan fingerprint density at radius 2 is 1.59 bits per heavy atom. The largest absolute Gasteiger partial charge is 0.394 e. The van der Waals surface area contributed by atoms with Gasteiger partial charge in [0.2, 0.25) is 0 Å². The molecular formula is C8H17NNaO5S2. The molecule has 1 radical (unpaired) electrons. The third-order valence-electron chi connectivity index (χ3n) is 2.11. The van der Waals surface area contributed by atoms with E-state index < -0.39 is 31.0 Å². The first kappa shape index (κ1) is 20.4. The molecule has 0 aromatic heterocycles. The second-order valence-electron chi connectivity index (χ2n) is 3.46. The van der Waals surface area contributed by atoms with Gasteiger partial charge in [0.15, 0.2) is 0 Å².